The van der Waals surface area contributed by atoms with Crippen LogP contribution in [0.2, 0.25) is 0 Å². The van der Waals surface area contributed by atoms with E-state index in [1.807, 2.05) is 26.1 Å². The van der Waals surface area contributed by atoms with Crippen LogP contribution in [-0.2, 0) is 9.59 Å². The van der Waals surface area contributed by atoms with Gasteiger partial charge in [0.1, 0.15) is 0 Å². The fourth-order valence-corrected chi connectivity index (χ4v) is 4.21. The zero-order valence-corrected chi connectivity index (χ0v) is 14.6. The first-order valence-corrected chi connectivity index (χ1v) is 8.68. The number of hydrazone groups is 1. The highest BCUT2D eigenvalue weighted by atomic mass is 16.2. The summed E-state index contributed by atoms with van der Waals surface area (Å²) in [5.74, 6) is 0.820. The minimum atomic E-state index is -0.0215. The maximum Gasteiger partial charge on any atom is 0.246 e. The van der Waals surface area contributed by atoms with E-state index in [0.717, 1.165) is 29.8 Å². The van der Waals surface area contributed by atoms with Crippen LogP contribution in [0.25, 0.3) is 0 Å². The lowest BCUT2D eigenvalue weighted by Gasteiger charge is -2.42. The quantitative estimate of drug-likeness (QED) is 0.797. The third kappa shape index (κ3) is 1.96. The van der Waals surface area contributed by atoms with E-state index in [0.29, 0.717) is 0 Å². The predicted octanol–water partition coefficient (Wildman–Crippen LogP) is 2.60. The molecular weight excluding hydrogens is 302 g/mol. The van der Waals surface area contributed by atoms with Crippen LogP contribution in [0, 0.1) is 17.8 Å². The van der Waals surface area contributed by atoms with Gasteiger partial charge in [-0.15, -0.1) is 0 Å². The third-order valence-corrected chi connectivity index (χ3v) is 6.16. The monoisotopic (exact) mass is 325 g/mol. The lowest BCUT2D eigenvalue weighted by atomic mass is 9.68. The normalized spacial score (nSPS) is 32.1. The van der Waals surface area contributed by atoms with Crippen LogP contribution in [0.5, 0.6) is 0 Å². The smallest absolute Gasteiger partial charge is 0.246 e. The van der Waals surface area contributed by atoms with Crippen molar-refractivity contribution in [3.05, 3.63) is 29.3 Å². The van der Waals surface area contributed by atoms with Crippen molar-refractivity contribution < 1.29 is 9.59 Å². The van der Waals surface area contributed by atoms with Gasteiger partial charge in [-0.1, -0.05) is 19.9 Å². The third-order valence-electron chi connectivity index (χ3n) is 6.16. The number of carbonyl (C=O) groups is 2. The van der Waals surface area contributed by atoms with E-state index in [2.05, 4.69) is 18.1 Å². The first kappa shape index (κ1) is 15.4. The van der Waals surface area contributed by atoms with E-state index in [9.17, 15) is 9.59 Å². The molecule has 1 fully saturated rings. The van der Waals surface area contributed by atoms with Crippen LogP contribution in [-0.4, -0.2) is 36.6 Å². The second kappa shape index (κ2) is 5.16. The Labute approximate surface area is 142 Å². The molecule has 0 aromatic heterocycles. The summed E-state index contributed by atoms with van der Waals surface area (Å²) in [5, 5.41) is 6.06. The fourth-order valence-electron chi connectivity index (χ4n) is 4.21. The highest BCUT2D eigenvalue weighted by Gasteiger charge is 2.45. The lowest BCUT2D eigenvalue weighted by Crippen LogP contribution is -2.48. The first-order valence-electron chi connectivity index (χ1n) is 8.68. The zero-order valence-electron chi connectivity index (χ0n) is 14.6. The number of hydrogen-bond donors (Lipinski definition) is 0. The summed E-state index contributed by atoms with van der Waals surface area (Å²) in [6.07, 6.45) is 1.99. The maximum atomic E-state index is 12.3. The summed E-state index contributed by atoms with van der Waals surface area (Å²) in [6, 6.07) is 6.25. The van der Waals surface area contributed by atoms with E-state index in [1.54, 1.807) is 11.9 Å². The van der Waals surface area contributed by atoms with Crippen molar-refractivity contribution in [2.75, 3.05) is 19.0 Å². The Kier molecular flexibility index (Phi) is 3.31. The second-order valence-corrected chi connectivity index (χ2v) is 7.39. The molecule has 5 heteroatoms. The molecule has 1 saturated carbocycles. The van der Waals surface area contributed by atoms with E-state index < -0.39 is 0 Å². The molecule has 3 aliphatic rings. The fraction of sp³-hybridized carbons (Fsp3) is 0.526. The van der Waals surface area contributed by atoms with Gasteiger partial charge in [-0.25, -0.2) is 5.01 Å². The van der Waals surface area contributed by atoms with Gasteiger partial charge in [0, 0.05) is 37.5 Å². The molecule has 2 heterocycles. The highest BCUT2D eigenvalue weighted by Crippen LogP contribution is 2.43. The van der Waals surface area contributed by atoms with Gasteiger partial charge in [-0.05, 0) is 42.0 Å². The van der Waals surface area contributed by atoms with Crippen molar-refractivity contribution >= 4 is 23.2 Å². The van der Waals surface area contributed by atoms with Crippen LogP contribution >= 0.6 is 0 Å². The zero-order chi connectivity index (χ0) is 17.2. The van der Waals surface area contributed by atoms with Gasteiger partial charge in [-0.2, -0.15) is 5.10 Å². The summed E-state index contributed by atoms with van der Waals surface area (Å²) >= 11 is 0. The summed E-state index contributed by atoms with van der Waals surface area (Å²) in [7, 11) is 3.59. The number of rotatable bonds is 1. The Balaban J connectivity index is 1.78. The molecule has 1 aromatic carbocycles. The first-order chi connectivity index (χ1) is 11.4. The molecule has 4 atom stereocenters. The Morgan fingerprint density at radius 2 is 1.71 bits per heavy atom. The van der Waals surface area contributed by atoms with Gasteiger partial charge in [0.25, 0.3) is 0 Å². The molecule has 0 spiro atoms. The molecular formula is C19H23N3O2. The standard InChI is InChI=1S/C19H23N3O2/c1-10-11(2)18(23)21(3)16-8-5-12(9-15(10)16)17-13-6-7-14(13)19(24)22(4)20-17/h5,8-11,13-14H,6-7H2,1-4H3. The van der Waals surface area contributed by atoms with Crippen LogP contribution < -0.4 is 4.90 Å². The molecule has 2 aliphatic heterocycles. The number of amides is 2. The SMILES string of the molecule is CC1C(=O)N(C)c2ccc(C3=NN(C)C(=O)C4CCC34)cc2C1C. The van der Waals surface area contributed by atoms with Crippen molar-refractivity contribution in [1.82, 2.24) is 5.01 Å². The minimum absolute atomic E-state index is 0.0215. The molecule has 0 saturated heterocycles. The molecule has 4 rings (SSSR count). The van der Waals surface area contributed by atoms with Gasteiger partial charge in [-0.3, -0.25) is 9.59 Å². The number of fused-ring (bicyclic) bond motifs is 2. The Morgan fingerprint density at radius 3 is 2.38 bits per heavy atom. The average molecular weight is 325 g/mol. The summed E-state index contributed by atoms with van der Waals surface area (Å²) in [5.41, 5.74) is 4.29. The topological polar surface area (TPSA) is 53.0 Å². The maximum absolute atomic E-state index is 12.3. The van der Waals surface area contributed by atoms with E-state index in [1.165, 1.54) is 10.6 Å². The number of anilines is 1. The molecule has 0 bridgehead atoms. The molecule has 2 amide bonds. The van der Waals surface area contributed by atoms with Crippen molar-refractivity contribution in [2.45, 2.75) is 32.6 Å². The molecule has 0 N–H and O–H groups in total. The average Bonchev–Trinajstić information content (AvgIpc) is 2.54. The van der Waals surface area contributed by atoms with Gasteiger partial charge in [0.2, 0.25) is 11.8 Å². The number of hydrogen-bond acceptors (Lipinski definition) is 3. The summed E-state index contributed by atoms with van der Waals surface area (Å²) in [6.45, 7) is 4.11. The van der Waals surface area contributed by atoms with Crippen LogP contribution in [0.15, 0.2) is 23.3 Å². The second-order valence-electron chi connectivity index (χ2n) is 7.39. The largest absolute Gasteiger partial charge is 0.315 e. The van der Waals surface area contributed by atoms with Gasteiger partial charge in [0.15, 0.2) is 0 Å². The van der Waals surface area contributed by atoms with E-state index in [4.69, 9.17) is 0 Å². The molecule has 5 nitrogen and oxygen atoms in total. The van der Waals surface area contributed by atoms with Crippen molar-refractivity contribution in [2.24, 2.45) is 22.9 Å². The Hall–Kier alpha value is -2.17. The number of benzene rings is 1. The van der Waals surface area contributed by atoms with Gasteiger partial charge < -0.3 is 4.90 Å². The lowest BCUT2D eigenvalue weighted by molar-refractivity contribution is -0.139. The van der Waals surface area contributed by atoms with Gasteiger partial charge >= 0.3 is 0 Å². The predicted molar refractivity (Wildman–Crippen MR) is 93.0 cm³/mol. The van der Waals surface area contributed by atoms with Crippen LogP contribution in [0.1, 0.15) is 43.7 Å². The summed E-state index contributed by atoms with van der Waals surface area (Å²) in [4.78, 5) is 26.2. The van der Waals surface area contributed by atoms with Crippen molar-refractivity contribution in [1.29, 1.82) is 0 Å². The minimum Gasteiger partial charge on any atom is -0.315 e. The summed E-state index contributed by atoms with van der Waals surface area (Å²) < 4.78 is 0. The van der Waals surface area contributed by atoms with Crippen LogP contribution in [0.4, 0.5) is 5.69 Å². The van der Waals surface area contributed by atoms with E-state index >= 15 is 0 Å². The highest BCUT2D eigenvalue weighted by molar-refractivity contribution is 6.08. The Bertz CT molecular complexity index is 770. The van der Waals surface area contributed by atoms with Crippen LogP contribution in [0.3, 0.4) is 0 Å². The molecule has 126 valence electrons. The van der Waals surface area contributed by atoms with Crippen molar-refractivity contribution in [3.8, 4) is 0 Å². The van der Waals surface area contributed by atoms with Crippen molar-refractivity contribution in [3.63, 3.8) is 0 Å². The van der Waals surface area contributed by atoms with E-state index in [-0.39, 0.29) is 35.5 Å². The molecule has 24 heavy (non-hydrogen) atoms. The molecule has 0 radical (unpaired) electrons. The van der Waals surface area contributed by atoms with Gasteiger partial charge in [0.05, 0.1) is 5.71 Å². The Morgan fingerprint density at radius 1 is 1.00 bits per heavy atom. The molecule has 1 aromatic rings. The molecule has 4 unspecified atom stereocenters. The number of carbonyl (C=O) groups excluding carboxylic acids is 2. The number of nitrogens with zero attached hydrogens (tertiary/aromatic N) is 3. The molecule has 1 aliphatic carbocycles.